The number of hydrogen-bond acceptors (Lipinski definition) is 3. The molecule has 35 heavy (non-hydrogen) atoms. The van der Waals surface area contributed by atoms with E-state index in [1.165, 1.54) is 33.8 Å². The van der Waals surface area contributed by atoms with E-state index < -0.39 is 0 Å². The van der Waals surface area contributed by atoms with E-state index in [1.807, 2.05) is 36.5 Å². The van der Waals surface area contributed by atoms with Crippen molar-refractivity contribution < 1.29 is 4.74 Å². The number of benzene rings is 2. The molecule has 1 saturated heterocycles. The first-order valence-electron chi connectivity index (χ1n) is 11.8. The Morgan fingerprint density at radius 2 is 1.66 bits per heavy atom. The number of anilines is 1. The molecule has 4 aromatic rings. The van der Waals surface area contributed by atoms with Crippen molar-refractivity contribution in [3.05, 3.63) is 107 Å². The summed E-state index contributed by atoms with van der Waals surface area (Å²) in [5, 5.41) is 4.24. The molecule has 0 radical (unpaired) electrons. The molecular weight excluding hydrogens is 452 g/mol. The normalized spacial score (nSPS) is 17.5. The highest BCUT2D eigenvalue weighted by Gasteiger charge is 2.42. The third-order valence-electron chi connectivity index (χ3n) is 6.88. The quantitative estimate of drug-likeness (QED) is 0.339. The van der Waals surface area contributed by atoms with Gasteiger partial charge in [-0.05, 0) is 86.9 Å². The van der Waals surface area contributed by atoms with Gasteiger partial charge in [-0.2, -0.15) is 0 Å². The van der Waals surface area contributed by atoms with Crippen LogP contribution >= 0.6 is 12.2 Å². The van der Waals surface area contributed by atoms with Crippen LogP contribution in [0.4, 0.5) is 5.69 Å². The second-order valence-electron chi connectivity index (χ2n) is 9.10. The number of methoxy groups -OCH3 is 1. The van der Waals surface area contributed by atoms with Crippen LogP contribution in [0, 0.1) is 27.7 Å². The Labute approximate surface area is 212 Å². The van der Waals surface area contributed by atoms with Gasteiger partial charge in [-0.15, -0.1) is 0 Å². The van der Waals surface area contributed by atoms with Gasteiger partial charge in [0, 0.05) is 29.3 Å². The van der Waals surface area contributed by atoms with Crippen LogP contribution in [0.3, 0.4) is 0 Å². The zero-order chi connectivity index (χ0) is 24.7. The van der Waals surface area contributed by atoms with Gasteiger partial charge in [0.1, 0.15) is 5.75 Å². The first kappa shape index (κ1) is 23.1. The molecule has 1 fully saturated rings. The minimum atomic E-state index is -0.0955. The minimum Gasteiger partial charge on any atom is -0.497 e. The molecule has 5 rings (SSSR count). The lowest BCUT2D eigenvalue weighted by molar-refractivity contribution is 0.415. The van der Waals surface area contributed by atoms with E-state index in [9.17, 15) is 0 Å². The van der Waals surface area contributed by atoms with E-state index in [4.69, 9.17) is 21.9 Å². The van der Waals surface area contributed by atoms with Crippen LogP contribution in [0.15, 0.2) is 72.9 Å². The fraction of sp³-hybridized carbons (Fsp3) is 0.241. The van der Waals surface area contributed by atoms with Crippen LogP contribution in [-0.4, -0.2) is 21.8 Å². The lowest BCUT2D eigenvalue weighted by Crippen LogP contribution is -2.29. The van der Waals surface area contributed by atoms with Gasteiger partial charge in [0.2, 0.25) is 0 Å². The first-order chi connectivity index (χ1) is 16.9. The van der Waals surface area contributed by atoms with Gasteiger partial charge in [-0.1, -0.05) is 30.3 Å². The van der Waals surface area contributed by atoms with Crippen molar-refractivity contribution >= 4 is 23.0 Å². The van der Waals surface area contributed by atoms with Gasteiger partial charge >= 0.3 is 0 Å². The van der Waals surface area contributed by atoms with Gasteiger partial charge in [0.05, 0.1) is 30.6 Å². The van der Waals surface area contributed by atoms with Gasteiger partial charge in [0.15, 0.2) is 5.11 Å². The van der Waals surface area contributed by atoms with E-state index in [0.717, 1.165) is 17.1 Å². The van der Waals surface area contributed by atoms with Crippen LogP contribution in [0.2, 0.25) is 0 Å². The minimum absolute atomic E-state index is 0.0752. The molecule has 0 spiro atoms. The number of rotatable bonds is 5. The Balaban J connectivity index is 1.71. The third-order valence-corrected chi connectivity index (χ3v) is 7.20. The van der Waals surface area contributed by atoms with Crippen LogP contribution in [0.25, 0.3) is 5.69 Å². The molecule has 0 amide bonds. The van der Waals surface area contributed by atoms with E-state index in [1.54, 1.807) is 7.11 Å². The van der Waals surface area contributed by atoms with Crippen LogP contribution in [-0.2, 0) is 0 Å². The van der Waals surface area contributed by atoms with Gasteiger partial charge in [-0.3, -0.25) is 4.98 Å². The highest BCUT2D eigenvalue weighted by Crippen LogP contribution is 2.44. The van der Waals surface area contributed by atoms with Crippen LogP contribution in [0.1, 0.15) is 45.9 Å². The average molecular weight is 483 g/mol. The van der Waals surface area contributed by atoms with Crippen molar-refractivity contribution in [2.45, 2.75) is 39.8 Å². The summed E-state index contributed by atoms with van der Waals surface area (Å²) >= 11 is 5.91. The lowest BCUT2D eigenvalue weighted by atomic mass is 9.96. The first-order valence-corrected chi connectivity index (χ1v) is 12.2. The second kappa shape index (κ2) is 9.19. The summed E-state index contributed by atoms with van der Waals surface area (Å²) < 4.78 is 7.90. The smallest absolute Gasteiger partial charge is 0.174 e. The summed E-state index contributed by atoms with van der Waals surface area (Å²) in [5.41, 5.74) is 9.31. The number of thiocarbonyl (C=S) groups is 1. The Morgan fingerprint density at radius 1 is 0.914 bits per heavy atom. The zero-order valence-corrected chi connectivity index (χ0v) is 21.6. The Morgan fingerprint density at radius 3 is 2.34 bits per heavy atom. The summed E-state index contributed by atoms with van der Waals surface area (Å²) in [6, 6.07) is 22.7. The van der Waals surface area contributed by atoms with Gasteiger partial charge in [-0.25, -0.2) is 0 Å². The van der Waals surface area contributed by atoms with E-state index in [2.05, 4.69) is 78.9 Å². The average Bonchev–Trinajstić information content (AvgIpc) is 3.35. The maximum Gasteiger partial charge on any atom is 0.174 e. The van der Waals surface area contributed by atoms with Crippen LogP contribution < -0.4 is 15.0 Å². The molecule has 0 unspecified atom stereocenters. The molecule has 0 saturated carbocycles. The predicted molar refractivity (Wildman–Crippen MR) is 146 cm³/mol. The lowest BCUT2D eigenvalue weighted by Gasteiger charge is -2.28. The fourth-order valence-electron chi connectivity index (χ4n) is 5.30. The van der Waals surface area contributed by atoms with Crippen molar-refractivity contribution in [3.8, 4) is 11.4 Å². The number of aryl methyl sites for hydroxylation is 3. The molecule has 1 aliphatic rings. The van der Waals surface area contributed by atoms with Crippen LogP contribution in [0.5, 0.6) is 5.75 Å². The number of para-hydroxylation sites is 1. The van der Waals surface area contributed by atoms with Crippen molar-refractivity contribution in [3.63, 3.8) is 0 Å². The number of aromatic nitrogens is 2. The fourth-order valence-corrected chi connectivity index (χ4v) is 5.64. The maximum atomic E-state index is 5.91. The van der Waals surface area contributed by atoms with Crippen molar-refractivity contribution in [2.75, 3.05) is 12.0 Å². The standard InChI is InChI=1S/C29H30N4OS/c1-18-10-8-11-19(2)27(18)32-20(3)16-24(21(32)4)28-26(25-14-6-7-15-30-25)31-29(35)33(28)22-12-9-13-23(17-22)34-5/h6-17,26,28H,1-5H3,(H,31,35)/t26-,28-/m1/s1. The molecule has 2 aromatic carbocycles. The molecule has 3 heterocycles. The molecule has 2 atom stereocenters. The van der Waals surface area contributed by atoms with Gasteiger partial charge < -0.3 is 19.5 Å². The monoisotopic (exact) mass is 482 g/mol. The highest BCUT2D eigenvalue weighted by molar-refractivity contribution is 7.80. The summed E-state index contributed by atoms with van der Waals surface area (Å²) in [4.78, 5) is 6.90. The Kier molecular flexibility index (Phi) is 6.07. The number of nitrogens with one attached hydrogen (secondary N) is 1. The molecule has 6 heteroatoms. The number of nitrogens with zero attached hydrogens (tertiary/aromatic N) is 3. The molecule has 2 aromatic heterocycles. The van der Waals surface area contributed by atoms with Crippen molar-refractivity contribution in [1.82, 2.24) is 14.9 Å². The van der Waals surface area contributed by atoms with Crippen molar-refractivity contribution in [1.29, 1.82) is 0 Å². The van der Waals surface area contributed by atoms with Crippen molar-refractivity contribution in [2.24, 2.45) is 0 Å². The third kappa shape index (κ3) is 3.98. The maximum absolute atomic E-state index is 5.91. The predicted octanol–water partition coefficient (Wildman–Crippen LogP) is 6.29. The summed E-state index contributed by atoms with van der Waals surface area (Å²) in [5.74, 6) is 0.798. The summed E-state index contributed by atoms with van der Waals surface area (Å²) in [7, 11) is 1.69. The van der Waals surface area contributed by atoms with E-state index in [0.29, 0.717) is 5.11 Å². The molecule has 1 aliphatic heterocycles. The highest BCUT2D eigenvalue weighted by atomic mass is 32.1. The summed E-state index contributed by atoms with van der Waals surface area (Å²) in [6.45, 7) is 8.72. The molecule has 5 nitrogen and oxygen atoms in total. The van der Waals surface area contributed by atoms with E-state index in [-0.39, 0.29) is 12.1 Å². The molecule has 1 N–H and O–H groups in total. The SMILES string of the molecule is COc1cccc(N2C(=S)N[C@H](c3ccccn3)[C@H]2c2cc(C)n(-c3c(C)cccc3C)c2C)c1. The topological polar surface area (TPSA) is 42.3 Å². The summed E-state index contributed by atoms with van der Waals surface area (Å²) in [6.07, 6.45) is 1.84. The number of ether oxygens (including phenoxy) is 1. The Hall–Kier alpha value is -3.64. The molecule has 178 valence electrons. The molecule has 0 aliphatic carbocycles. The second-order valence-corrected chi connectivity index (χ2v) is 9.49. The Bertz CT molecular complexity index is 1380. The zero-order valence-electron chi connectivity index (χ0n) is 20.7. The largest absolute Gasteiger partial charge is 0.497 e. The van der Waals surface area contributed by atoms with E-state index >= 15 is 0 Å². The number of pyridine rings is 1. The molecule has 0 bridgehead atoms. The van der Waals surface area contributed by atoms with Gasteiger partial charge in [0.25, 0.3) is 0 Å². The molecular formula is C29H30N4OS. The number of hydrogen-bond donors (Lipinski definition) is 1.